The van der Waals surface area contributed by atoms with Crippen LogP contribution in [0.5, 0.6) is 0 Å². The third-order valence-electron chi connectivity index (χ3n) is 2.85. The zero-order valence-corrected chi connectivity index (χ0v) is 11.0. The van der Waals surface area contributed by atoms with Crippen LogP contribution in [0.15, 0.2) is 12.3 Å². The van der Waals surface area contributed by atoms with E-state index in [1.54, 1.807) is 0 Å². The fourth-order valence-corrected chi connectivity index (χ4v) is 3.58. The zero-order chi connectivity index (χ0) is 12.4. The molecule has 0 amide bonds. The highest BCUT2D eigenvalue weighted by atomic mass is 32.2. The molecule has 5 heteroatoms. The molecule has 17 heavy (non-hydrogen) atoms. The molecule has 1 aliphatic heterocycles. The van der Waals surface area contributed by atoms with Crippen LogP contribution < -0.4 is 10.6 Å². The number of rotatable bonds is 2. The SMILES string of the molecule is CC1CN(c2ncc(F)cc2CN)CC(C)S1. The number of aromatic nitrogens is 1. The number of nitrogens with two attached hydrogens (primary N) is 1. The molecule has 0 saturated carbocycles. The predicted molar refractivity (Wildman–Crippen MR) is 70.8 cm³/mol. The Morgan fingerprint density at radius 1 is 1.47 bits per heavy atom. The largest absolute Gasteiger partial charge is 0.354 e. The standard InChI is InChI=1S/C12H18FN3S/c1-8-6-16(7-9(2)17-8)12-10(4-14)3-11(13)5-15-12/h3,5,8-9H,4,6-7,14H2,1-2H3. The van der Waals surface area contributed by atoms with Crippen LogP contribution in [0, 0.1) is 5.82 Å². The van der Waals surface area contributed by atoms with Gasteiger partial charge >= 0.3 is 0 Å². The lowest BCUT2D eigenvalue weighted by Crippen LogP contribution is -2.41. The van der Waals surface area contributed by atoms with Gasteiger partial charge in [-0.15, -0.1) is 0 Å². The first-order valence-corrected chi connectivity index (χ1v) is 6.79. The quantitative estimate of drug-likeness (QED) is 0.878. The highest BCUT2D eigenvalue weighted by Crippen LogP contribution is 2.29. The summed E-state index contributed by atoms with van der Waals surface area (Å²) in [6.07, 6.45) is 1.27. The van der Waals surface area contributed by atoms with Crippen molar-refractivity contribution in [2.75, 3.05) is 18.0 Å². The number of hydrogen-bond acceptors (Lipinski definition) is 4. The summed E-state index contributed by atoms with van der Waals surface area (Å²) in [4.78, 5) is 6.42. The molecule has 0 aromatic carbocycles. The molecule has 1 aromatic heterocycles. The lowest BCUT2D eigenvalue weighted by molar-refractivity contribution is 0.615. The van der Waals surface area contributed by atoms with Crippen LogP contribution in [0.4, 0.5) is 10.2 Å². The summed E-state index contributed by atoms with van der Waals surface area (Å²) >= 11 is 1.98. The van der Waals surface area contributed by atoms with Crippen LogP contribution in [-0.2, 0) is 6.54 Å². The van der Waals surface area contributed by atoms with Crippen molar-refractivity contribution in [1.82, 2.24) is 4.98 Å². The summed E-state index contributed by atoms with van der Waals surface area (Å²) in [5, 5.41) is 1.13. The third-order valence-corrected chi connectivity index (χ3v) is 4.08. The van der Waals surface area contributed by atoms with Crippen LogP contribution in [0.25, 0.3) is 0 Å². The second-order valence-corrected chi connectivity index (χ2v) is 6.38. The first-order valence-electron chi connectivity index (χ1n) is 5.85. The molecular weight excluding hydrogens is 237 g/mol. The van der Waals surface area contributed by atoms with Crippen LogP contribution in [0.3, 0.4) is 0 Å². The van der Waals surface area contributed by atoms with Crippen molar-refractivity contribution in [2.24, 2.45) is 5.73 Å². The molecule has 1 aromatic rings. The lowest BCUT2D eigenvalue weighted by Gasteiger charge is -2.36. The zero-order valence-electron chi connectivity index (χ0n) is 10.2. The second-order valence-electron chi connectivity index (χ2n) is 4.50. The van der Waals surface area contributed by atoms with Gasteiger partial charge in [0.15, 0.2) is 0 Å². The van der Waals surface area contributed by atoms with Crippen molar-refractivity contribution >= 4 is 17.6 Å². The molecule has 0 spiro atoms. The summed E-state index contributed by atoms with van der Waals surface area (Å²) in [7, 11) is 0. The number of thioether (sulfide) groups is 1. The molecule has 2 N–H and O–H groups in total. The summed E-state index contributed by atoms with van der Waals surface area (Å²) < 4.78 is 13.1. The average molecular weight is 255 g/mol. The first-order chi connectivity index (χ1) is 8.10. The van der Waals surface area contributed by atoms with Crippen molar-refractivity contribution in [3.8, 4) is 0 Å². The van der Waals surface area contributed by atoms with Gasteiger partial charge in [-0.3, -0.25) is 0 Å². The van der Waals surface area contributed by atoms with Crippen molar-refractivity contribution < 1.29 is 4.39 Å². The Kier molecular flexibility index (Phi) is 3.89. The topological polar surface area (TPSA) is 42.2 Å². The normalized spacial score (nSPS) is 25.1. The van der Waals surface area contributed by atoms with Crippen LogP contribution in [0.1, 0.15) is 19.4 Å². The molecular formula is C12H18FN3S. The highest BCUT2D eigenvalue weighted by Gasteiger charge is 2.24. The Balaban J connectivity index is 2.26. The van der Waals surface area contributed by atoms with E-state index >= 15 is 0 Å². The monoisotopic (exact) mass is 255 g/mol. The Labute approximate surface area is 106 Å². The number of halogens is 1. The van der Waals surface area contributed by atoms with Gasteiger partial charge in [-0.2, -0.15) is 11.8 Å². The molecule has 1 aliphatic rings. The van der Waals surface area contributed by atoms with E-state index in [2.05, 4.69) is 23.7 Å². The van der Waals surface area contributed by atoms with E-state index in [1.807, 2.05) is 11.8 Å². The van der Waals surface area contributed by atoms with Gasteiger partial charge in [0, 0.05) is 35.7 Å². The maximum atomic E-state index is 13.1. The lowest BCUT2D eigenvalue weighted by atomic mass is 10.2. The molecule has 1 fully saturated rings. The van der Waals surface area contributed by atoms with Crippen LogP contribution >= 0.6 is 11.8 Å². The molecule has 3 nitrogen and oxygen atoms in total. The number of nitrogens with zero attached hydrogens (tertiary/aromatic N) is 2. The summed E-state index contributed by atoms with van der Waals surface area (Å²) in [6, 6.07) is 1.49. The molecule has 94 valence electrons. The average Bonchev–Trinajstić information content (AvgIpc) is 2.27. The molecule has 0 aliphatic carbocycles. The van der Waals surface area contributed by atoms with Gasteiger partial charge in [-0.25, -0.2) is 9.37 Å². The summed E-state index contributed by atoms with van der Waals surface area (Å²) in [5.41, 5.74) is 6.45. The van der Waals surface area contributed by atoms with Gasteiger partial charge in [0.05, 0.1) is 6.20 Å². The third kappa shape index (κ3) is 2.90. The number of anilines is 1. The molecule has 2 atom stereocenters. The first kappa shape index (κ1) is 12.6. The summed E-state index contributed by atoms with van der Waals surface area (Å²) in [5.74, 6) is 0.523. The smallest absolute Gasteiger partial charge is 0.141 e. The molecule has 2 rings (SSSR count). The highest BCUT2D eigenvalue weighted by molar-refractivity contribution is 8.00. The van der Waals surface area contributed by atoms with Gasteiger partial charge in [-0.05, 0) is 6.07 Å². The Bertz CT molecular complexity index is 389. The fraction of sp³-hybridized carbons (Fsp3) is 0.583. The molecule has 2 heterocycles. The van der Waals surface area contributed by atoms with Crippen molar-refractivity contribution in [3.63, 3.8) is 0 Å². The molecule has 2 unspecified atom stereocenters. The predicted octanol–water partition coefficient (Wildman–Crippen LogP) is 2.01. The van der Waals surface area contributed by atoms with Gasteiger partial charge in [0.2, 0.25) is 0 Å². The van der Waals surface area contributed by atoms with Crippen LogP contribution in [0.2, 0.25) is 0 Å². The van der Waals surface area contributed by atoms with E-state index in [0.717, 1.165) is 24.5 Å². The van der Waals surface area contributed by atoms with E-state index in [4.69, 9.17) is 5.73 Å². The van der Waals surface area contributed by atoms with E-state index in [9.17, 15) is 4.39 Å². The number of pyridine rings is 1. The molecule has 1 saturated heterocycles. The Hall–Kier alpha value is -0.810. The maximum Gasteiger partial charge on any atom is 0.141 e. The Morgan fingerprint density at radius 2 is 2.12 bits per heavy atom. The van der Waals surface area contributed by atoms with E-state index in [-0.39, 0.29) is 5.82 Å². The minimum atomic E-state index is -0.318. The maximum absolute atomic E-state index is 13.1. The molecule has 0 bridgehead atoms. The van der Waals surface area contributed by atoms with Crippen LogP contribution in [-0.4, -0.2) is 28.6 Å². The Morgan fingerprint density at radius 3 is 2.71 bits per heavy atom. The fourth-order valence-electron chi connectivity index (χ4n) is 2.26. The van der Waals surface area contributed by atoms with Crippen molar-refractivity contribution in [2.45, 2.75) is 30.9 Å². The second kappa shape index (κ2) is 5.23. The summed E-state index contributed by atoms with van der Waals surface area (Å²) in [6.45, 7) is 6.63. The molecule has 0 radical (unpaired) electrons. The van der Waals surface area contributed by atoms with E-state index < -0.39 is 0 Å². The van der Waals surface area contributed by atoms with Crippen molar-refractivity contribution in [3.05, 3.63) is 23.6 Å². The van der Waals surface area contributed by atoms with Gasteiger partial charge in [-0.1, -0.05) is 13.8 Å². The van der Waals surface area contributed by atoms with Gasteiger partial charge < -0.3 is 10.6 Å². The van der Waals surface area contributed by atoms with E-state index in [1.165, 1.54) is 12.3 Å². The minimum Gasteiger partial charge on any atom is -0.354 e. The van der Waals surface area contributed by atoms with Gasteiger partial charge in [0.1, 0.15) is 11.6 Å². The van der Waals surface area contributed by atoms with Gasteiger partial charge in [0.25, 0.3) is 0 Å². The number of hydrogen-bond donors (Lipinski definition) is 1. The minimum absolute atomic E-state index is 0.318. The van der Waals surface area contributed by atoms with E-state index in [0.29, 0.717) is 17.0 Å². The van der Waals surface area contributed by atoms with Crippen molar-refractivity contribution in [1.29, 1.82) is 0 Å².